The Morgan fingerprint density at radius 3 is 1.02 bits per heavy atom. The van der Waals surface area contributed by atoms with Crippen LogP contribution < -0.4 is 0 Å². The van der Waals surface area contributed by atoms with Gasteiger partial charge < -0.3 is 13.7 Å². The predicted octanol–water partition coefficient (Wildman–Crippen LogP) is 13.1. The lowest BCUT2D eigenvalue weighted by Crippen LogP contribution is -1.96. The van der Waals surface area contributed by atoms with Gasteiger partial charge in [0.1, 0.15) is 0 Å². The minimum atomic E-state index is 0.843. The molecule has 0 spiro atoms. The molecule has 8 aromatic carbocycles. The number of nitrogens with zero attached hydrogens (tertiary/aromatic N) is 5. The molecule has 0 aliphatic rings. The third kappa shape index (κ3) is 4.82. The second kappa shape index (κ2) is 12.4. The number of hydrogen-bond donors (Lipinski definition) is 0. The van der Waals surface area contributed by atoms with E-state index < -0.39 is 0 Å². The highest BCUT2D eigenvalue weighted by Gasteiger charge is 2.19. The predicted molar refractivity (Wildman–Crippen MR) is 236 cm³/mol. The molecule has 0 amide bonds. The minimum absolute atomic E-state index is 0.843. The Hall–Kier alpha value is -7.76. The molecular weight excluding hydrogens is 695 g/mol. The molecule has 57 heavy (non-hydrogen) atoms. The first-order chi connectivity index (χ1) is 28.3. The second-order valence-corrected chi connectivity index (χ2v) is 14.7. The summed E-state index contributed by atoms with van der Waals surface area (Å²) in [5.74, 6) is 0. The topological polar surface area (TPSA) is 40.6 Å². The lowest BCUT2D eigenvalue weighted by atomic mass is 10.1. The molecule has 0 atom stereocenters. The van der Waals surface area contributed by atoms with Crippen LogP contribution in [0.4, 0.5) is 0 Å². The van der Waals surface area contributed by atoms with Gasteiger partial charge in [-0.2, -0.15) is 0 Å². The zero-order chi connectivity index (χ0) is 37.5. The molecule has 0 saturated carbocycles. The summed E-state index contributed by atoms with van der Waals surface area (Å²) in [7, 11) is 0. The maximum Gasteiger partial charge on any atom is 0.0885 e. The van der Waals surface area contributed by atoms with Gasteiger partial charge in [0.2, 0.25) is 0 Å². The zero-order valence-corrected chi connectivity index (χ0v) is 30.8. The molecule has 266 valence electrons. The van der Waals surface area contributed by atoms with Gasteiger partial charge in [-0.25, -0.2) is 0 Å². The van der Waals surface area contributed by atoms with Crippen molar-refractivity contribution in [2.24, 2.45) is 0 Å². The lowest BCUT2D eigenvalue weighted by molar-refractivity contribution is 1.16. The van der Waals surface area contributed by atoms with Gasteiger partial charge in [0.05, 0.1) is 56.9 Å². The molecule has 0 bridgehead atoms. The Labute approximate surface area is 328 Å². The summed E-state index contributed by atoms with van der Waals surface area (Å²) in [6, 6.07) is 67.6. The van der Waals surface area contributed by atoms with E-state index in [-0.39, 0.29) is 0 Å². The Kier molecular flexibility index (Phi) is 6.86. The van der Waals surface area contributed by atoms with Crippen LogP contribution in [0.25, 0.3) is 105 Å². The van der Waals surface area contributed by atoms with Crippen LogP contribution in [0.15, 0.2) is 200 Å². The number of aromatic nitrogens is 5. The van der Waals surface area contributed by atoms with Crippen LogP contribution in [0.1, 0.15) is 0 Å². The Balaban J connectivity index is 1.06. The number of hydrogen-bond acceptors (Lipinski definition) is 2. The molecule has 12 rings (SSSR count). The van der Waals surface area contributed by atoms with E-state index in [0.717, 1.165) is 50.6 Å². The minimum Gasteiger partial charge on any atom is -0.309 e. The summed E-state index contributed by atoms with van der Waals surface area (Å²) in [5, 5.41) is 7.40. The highest BCUT2D eigenvalue weighted by atomic mass is 15.0. The summed E-state index contributed by atoms with van der Waals surface area (Å²) in [4.78, 5) is 9.54. The van der Waals surface area contributed by atoms with Crippen LogP contribution in [0.3, 0.4) is 0 Å². The van der Waals surface area contributed by atoms with Crippen molar-refractivity contribution in [3.63, 3.8) is 0 Å². The molecule has 0 unspecified atom stereocenters. The lowest BCUT2D eigenvalue weighted by Gasteiger charge is -2.11. The van der Waals surface area contributed by atoms with E-state index in [0.29, 0.717) is 0 Å². The smallest absolute Gasteiger partial charge is 0.0885 e. The molecule has 0 fully saturated rings. The van der Waals surface area contributed by atoms with Gasteiger partial charge in [0, 0.05) is 60.5 Å². The third-order valence-corrected chi connectivity index (χ3v) is 11.6. The summed E-state index contributed by atoms with van der Waals surface area (Å²) in [5.41, 5.74) is 14.2. The van der Waals surface area contributed by atoms with Crippen LogP contribution in [0.2, 0.25) is 0 Å². The molecule has 0 N–H and O–H groups in total. The molecule has 4 aromatic heterocycles. The molecule has 4 heterocycles. The van der Waals surface area contributed by atoms with Crippen molar-refractivity contribution in [1.82, 2.24) is 23.7 Å². The van der Waals surface area contributed by atoms with Crippen molar-refractivity contribution in [1.29, 1.82) is 0 Å². The molecular formula is C52H33N5. The SMILES string of the molecule is c1ccc(-c2cnc(-c3ccc(-n4c5ccc(-n6c7ccccc7c7ccccc76)cc5c5cc(-n6c7ccccc7c7ccccc76)ccc54)cc3)cn2)cc1. The van der Waals surface area contributed by atoms with Gasteiger partial charge in [-0.15, -0.1) is 0 Å². The van der Waals surface area contributed by atoms with Gasteiger partial charge in [0.15, 0.2) is 0 Å². The first-order valence-electron chi connectivity index (χ1n) is 19.3. The standard InChI is InChI=1S/C52H33N5/c1-2-12-34(13-3-1)45-32-54-46(33-53-45)35-22-24-36(25-23-35)55-51-28-26-37(56-47-18-8-4-14-39(47)40-15-5-9-19-48(40)56)30-43(51)44-31-38(27-29-52(44)55)57-49-20-10-6-16-41(49)42-17-7-11-21-50(42)57/h1-33H. The van der Waals surface area contributed by atoms with Gasteiger partial charge in [-0.05, 0) is 72.8 Å². The van der Waals surface area contributed by atoms with Crippen molar-refractivity contribution in [2.45, 2.75) is 0 Å². The van der Waals surface area contributed by atoms with Crippen molar-refractivity contribution in [2.75, 3.05) is 0 Å². The van der Waals surface area contributed by atoms with Gasteiger partial charge >= 0.3 is 0 Å². The van der Waals surface area contributed by atoms with Crippen LogP contribution in [0.5, 0.6) is 0 Å². The van der Waals surface area contributed by atoms with Gasteiger partial charge in [-0.1, -0.05) is 115 Å². The summed E-state index contributed by atoms with van der Waals surface area (Å²) >= 11 is 0. The van der Waals surface area contributed by atoms with Crippen molar-refractivity contribution in [3.8, 4) is 39.6 Å². The Bertz CT molecular complexity index is 3220. The van der Waals surface area contributed by atoms with E-state index in [1.807, 2.05) is 30.6 Å². The Morgan fingerprint density at radius 2 is 0.596 bits per heavy atom. The first kappa shape index (κ1) is 31.6. The molecule has 0 saturated heterocycles. The van der Waals surface area contributed by atoms with Crippen molar-refractivity contribution in [3.05, 3.63) is 200 Å². The quantitative estimate of drug-likeness (QED) is 0.177. The van der Waals surface area contributed by atoms with Crippen LogP contribution >= 0.6 is 0 Å². The van der Waals surface area contributed by atoms with E-state index in [9.17, 15) is 0 Å². The molecule has 12 aromatic rings. The van der Waals surface area contributed by atoms with Crippen LogP contribution in [0, 0.1) is 0 Å². The summed E-state index contributed by atoms with van der Waals surface area (Å²) in [6.07, 6.45) is 3.72. The van der Waals surface area contributed by atoms with Gasteiger partial charge in [0.25, 0.3) is 0 Å². The largest absolute Gasteiger partial charge is 0.309 e. The highest BCUT2D eigenvalue weighted by Crippen LogP contribution is 2.39. The average molecular weight is 728 g/mol. The van der Waals surface area contributed by atoms with Crippen molar-refractivity contribution >= 4 is 65.4 Å². The molecule has 5 heteroatoms. The normalized spacial score (nSPS) is 11.9. The first-order valence-corrected chi connectivity index (χ1v) is 19.3. The average Bonchev–Trinajstić information content (AvgIpc) is 3.92. The highest BCUT2D eigenvalue weighted by molar-refractivity contribution is 6.14. The molecule has 0 aliphatic heterocycles. The van der Waals surface area contributed by atoms with E-state index >= 15 is 0 Å². The molecule has 0 radical (unpaired) electrons. The maximum atomic E-state index is 4.80. The van der Waals surface area contributed by atoms with Crippen molar-refractivity contribution < 1.29 is 0 Å². The number of benzene rings is 8. The van der Waals surface area contributed by atoms with Crippen LogP contribution in [-0.2, 0) is 0 Å². The summed E-state index contributed by atoms with van der Waals surface area (Å²) in [6.45, 7) is 0. The molecule has 5 nitrogen and oxygen atoms in total. The summed E-state index contributed by atoms with van der Waals surface area (Å²) < 4.78 is 7.20. The fourth-order valence-corrected chi connectivity index (χ4v) is 8.97. The number of rotatable bonds is 5. The van der Waals surface area contributed by atoms with E-state index in [1.165, 1.54) is 54.4 Å². The fraction of sp³-hybridized carbons (Fsp3) is 0. The van der Waals surface area contributed by atoms with E-state index in [4.69, 9.17) is 9.97 Å². The maximum absolute atomic E-state index is 4.80. The Morgan fingerprint density at radius 1 is 0.263 bits per heavy atom. The number of para-hydroxylation sites is 4. The zero-order valence-electron chi connectivity index (χ0n) is 30.8. The van der Waals surface area contributed by atoms with E-state index in [1.54, 1.807) is 0 Å². The fourth-order valence-electron chi connectivity index (χ4n) is 8.97. The van der Waals surface area contributed by atoms with Crippen LogP contribution in [-0.4, -0.2) is 23.7 Å². The van der Waals surface area contributed by atoms with E-state index in [2.05, 4.69) is 184 Å². The monoisotopic (exact) mass is 727 g/mol. The van der Waals surface area contributed by atoms with Gasteiger partial charge in [-0.3, -0.25) is 9.97 Å². The third-order valence-electron chi connectivity index (χ3n) is 11.6. The molecule has 0 aliphatic carbocycles. The number of fused-ring (bicyclic) bond motifs is 9. The second-order valence-electron chi connectivity index (χ2n) is 14.7.